The second kappa shape index (κ2) is 16.7. The fourth-order valence-electron chi connectivity index (χ4n) is 2.19. The van der Waals surface area contributed by atoms with Crippen LogP contribution in [0.4, 0.5) is 0 Å². The zero-order valence-electron chi connectivity index (χ0n) is 12.5. The Kier molecular flexibility index (Phi) is 16.4. The Morgan fingerprint density at radius 1 is 0.611 bits per heavy atom. The van der Waals surface area contributed by atoms with Crippen LogP contribution in [0, 0.1) is 0 Å². The van der Waals surface area contributed by atoms with Crippen molar-refractivity contribution >= 4 is 0 Å². The van der Waals surface area contributed by atoms with Crippen LogP contribution < -0.4 is 0 Å². The van der Waals surface area contributed by atoms with Gasteiger partial charge in [0.25, 0.3) is 0 Å². The monoisotopic (exact) mass is 254 g/mol. The van der Waals surface area contributed by atoms with Crippen LogP contribution in [0.5, 0.6) is 0 Å². The molecule has 0 aromatic heterocycles. The summed E-state index contributed by atoms with van der Waals surface area (Å²) in [6, 6.07) is 0. The molecule has 0 unspecified atom stereocenters. The lowest BCUT2D eigenvalue weighted by Gasteiger charge is -2.01. The lowest BCUT2D eigenvalue weighted by atomic mass is 10.1. The second-order valence-electron chi connectivity index (χ2n) is 5.31. The molecule has 1 nitrogen and oxygen atoms in total. The molecule has 0 saturated carbocycles. The predicted molar refractivity (Wildman–Crippen MR) is 81.9 cm³/mol. The van der Waals surface area contributed by atoms with E-state index in [1.54, 1.807) is 0 Å². The van der Waals surface area contributed by atoms with Crippen LogP contribution in [0.3, 0.4) is 0 Å². The third kappa shape index (κ3) is 15.7. The molecule has 0 saturated heterocycles. The van der Waals surface area contributed by atoms with E-state index in [2.05, 4.69) is 19.1 Å². The number of aliphatic hydroxyl groups is 1. The van der Waals surface area contributed by atoms with Crippen LogP contribution in [0.15, 0.2) is 12.2 Å². The predicted octanol–water partition coefficient (Wildman–Crippen LogP) is 5.63. The van der Waals surface area contributed by atoms with Gasteiger partial charge in [0, 0.05) is 6.61 Å². The van der Waals surface area contributed by atoms with Crippen LogP contribution in [0.25, 0.3) is 0 Å². The van der Waals surface area contributed by atoms with Crippen molar-refractivity contribution in [3.8, 4) is 0 Å². The van der Waals surface area contributed by atoms with E-state index in [4.69, 9.17) is 5.11 Å². The fourth-order valence-corrected chi connectivity index (χ4v) is 2.19. The Labute approximate surface area is 115 Å². The first-order chi connectivity index (χ1) is 8.91. The SMILES string of the molecule is CCCCCCCCCCCC/C=C/CCCO. The highest BCUT2D eigenvalue weighted by Gasteiger charge is 1.91. The standard InChI is InChI=1S/C17H34O/c1-2-3-4-5-6-7-8-9-10-11-12-13-14-15-16-17-18/h13-14,18H,2-12,15-17H2,1H3/b14-13+. The average Bonchev–Trinajstić information content (AvgIpc) is 2.39. The van der Waals surface area contributed by atoms with Gasteiger partial charge in [-0.05, 0) is 25.7 Å². The van der Waals surface area contributed by atoms with Crippen molar-refractivity contribution in [1.82, 2.24) is 0 Å². The van der Waals surface area contributed by atoms with Crippen molar-refractivity contribution < 1.29 is 5.11 Å². The molecule has 0 aromatic rings. The maximum absolute atomic E-state index is 8.62. The van der Waals surface area contributed by atoms with Gasteiger partial charge in [0.05, 0.1) is 0 Å². The number of hydrogen-bond donors (Lipinski definition) is 1. The van der Waals surface area contributed by atoms with Crippen molar-refractivity contribution in [3.05, 3.63) is 12.2 Å². The van der Waals surface area contributed by atoms with E-state index in [0.29, 0.717) is 6.61 Å². The molecule has 0 aliphatic heterocycles. The molecular weight excluding hydrogens is 220 g/mol. The minimum absolute atomic E-state index is 0.322. The summed E-state index contributed by atoms with van der Waals surface area (Å²) in [7, 11) is 0. The molecule has 1 heteroatoms. The molecule has 18 heavy (non-hydrogen) atoms. The third-order valence-corrected chi connectivity index (χ3v) is 3.42. The number of hydrogen-bond acceptors (Lipinski definition) is 1. The van der Waals surface area contributed by atoms with Crippen LogP contribution in [0.1, 0.15) is 90.4 Å². The summed E-state index contributed by atoms with van der Waals surface area (Å²) >= 11 is 0. The Balaban J connectivity index is 2.96. The van der Waals surface area contributed by atoms with Crippen molar-refractivity contribution in [3.63, 3.8) is 0 Å². The summed E-state index contributed by atoms with van der Waals surface area (Å²) < 4.78 is 0. The molecule has 0 atom stereocenters. The van der Waals surface area contributed by atoms with Crippen LogP contribution in [0.2, 0.25) is 0 Å². The van der Waals surface area contributed by atoms with Gasteiger partial charge >= 0.3 is 0 Å². The molecule has 0 aromatic carbocycles. The molecule has 0 radical (unpaired) electrons. The number of aliphatic hydroxyl groups excluding tert-OH is 1. The molecule has 1 N–H and O–H groups in total. The van der Waals surface area contributed by atoms with E-state index in [1.807, 2.05) is 0 Å². The number of rotatable bonds is 14. The zero-order chi connectivity index (χ0) is 13.3. The van der Waals surface area contributed by atoms with Gasteiger partial charge in [0.1, 0.15) is 0 Å². The summed E-state index contributed by atoms with van der Waals surface area (Å²) in [6.45, 7) is 2.60. The van der Waals surface area contributed by atoms with E-state index in [0.717, 1.165) is 12.8 Å². The quantitative estimate of drug-likeness (QED) is 0.315. The van der Waals surface area contributed by atoms with Gasteiger partial charge in [-0.3, -0.25) is 0 Å². The van der Waals surface area contributed by atoms with Gasteiger partial charge in [0.2, 0.25) is 0 Å². The van der Waals surface area contributed by atoms with Crippen molar-refractivity contribution in [1.29, 1.82) is 0 Å². The lowest BCUT2D eigenvalue weighted by molar-refractivity contribution is 0.289. The fraction of sp³-hybridized carbons (Fsp3) is 0.882. The number of unbranched alkanes of at least 4 members (excludes halogenated alkanes) is 11. The summed E-state index contributed by atoms with van der Waals surface area (Å²) in [5.41, 5.74) is 0. The van der Waals surface area contributed by atoms with Crippen molar-refractivity contribution in [2.45, 2.75) is 90.4 Å². The molecule has 0 spiro atoms. The highest BCUT2D eigenvalue weighted by molar-refractivity contribution is 4.81. The third-order valence-electron chi connectivity index (χ3n) is 3.42. The van der Waals surface area contributed by atoms with Gasteiger partial charge in [-0.2, -0.15) is 0 Å². The van der Waals surface area contributed by atoms with Gasteiger partial charge in [-0.1, -0.05) is 76.9 Å². The molecule has 0 fully saturated rings. The first-order valence-electron chi connectivity index (χ1n) is 8.17. The smallest absolute Gasteiger partial charge is 0.0433 e. The highest BCUT2D eigenvalue weighted by Crippen LogP contribution is 2.11. The Morgan fingerprint density at radius 3 is 1.56 bits per heavy atom. The maximum Gasteiger partial charge on any atom is 0.0433 e. The Bertz CT molecular complexity index is 163. The topological polar surface area (TPSA) is 20.2 Å². The largest absolute Gasteiger partial charge is 0.396 e. The van der Waals surface area contributed by atoms with E-state index in [9.17, 15) is 0 Å². The van der Waals surface area contributed by atoms with E-state index < -0.39 is 0 Å². The van der Waals surface area contributed by atoms with Crippen LogP contribution >= 0.6 is 0 Å². The molecular formula is C17H34O. The van der Waals surface area contributed by atoms with E-state index >= 15 is 0 Å². The minimum atomic E-state index is 0.322. The highest BCUT2D eigenvalue weighted by atomic mass is 16.2. The zero-order valence-corrected chi connectivity index (χ0v) is 12.5. The van der Waals surface area contributed by atoms with Crippen molar-refractivity contribution in [2.75, 3.05) is 6.61 Å². The summed E-state index contributed by atoms with van der Waals surface area (Å²) in [4.78, 5) is 0. The Hall–Kier alpha value is -0.300. The average molecular weight is 254 g/mol. The molecule has 0 rings (SSSR count). The molecule has 0 aliphatic rings. The summed E-state index contributed by atoms with van der Waals surface area (Å²) in [5.74, 6) is 0. The van der Waals surface area contributed by atoms with E-state index in [1.165, 1.54) is 70.6 Å². The van der Waals surface area contributed by atoms with Crippen LogP contribution in [-0.4, -0.2) is 11.7 Å². The van der Waals surface area contributed by atoms with Gasteiger partial charge in [-0.25, -0.2) is 0 Å². The first kappa shape index (κ1) is 17.7. The molecule has 0 bridgehead atoms. The minimum Gasteiger partial charge on any atom is -0.396 e. The maximum atomic E-state index is 8.62. The molecule has 0 aliphatic carbocycles. The normalized spacial score (nSPS) is 11.4. The van der Waals surface area contributed by atoms with Gasteiger partial charge in [0.15, 0.2) is 0 Å². The molecule has 0 heterocycles. The van der Waals surface area contributed by atoms with E-state index in [-0.39, 0.29) is 0 Å². The Morgan fingerprint density at radius 2 is 1.06 bits per heavy atom. The van der Waals surface area contributed by atoms with Gasteiger partial charge in [-0.15, -0.1) is 0 Å². The van der Waals surface area contributed by atoms with Gasteiger partial charge < -0.3 is 5.11 Å². The van der Waals surface area contributed by atoms with Crippen LogP contribution in [-0.2, 0) is 0 Å². The first-order valence-corrected chi connectivity index (χ1v) is 8.17. The second-order valence-corrected chi connectivity index (χ2v) is 5.31. The number of allylic oxidation sites excluding steroid dienone is 2. The molecule has 0 amide bonds. The lowest BCUT2D eigenvalue weighted by Crippen LogP contribution is -1.81. The summed E-state index contributed by atoms with van der Waals surface area (Å²) in [6.07, 6.45) is 21.8. The van der Waals surface area contributed by atoms with Crippen molar-refractivity contribution in [2.24, 2.45) is 0 Å². The molecule has 108 valence electrons. The summed E-state index contributed by atoms with van der Waals surface area (Å²) in [5, 5.41) is 8.62.